The number of rotatable bonds is 9. The molecule has 0 spiro atoms. The van der Waals surface area contributed by atoms with Crippen LogP contribution in [0.4, 0.5) is 10.1 Å². The molecule has 1 atom stereocenters. The van der Waals surface area contributed by atoms with Gasteiger partial charge >= 0.3 is 5.97 Å². The van der Waals surface area contributed by atoms with Crippen molar-refractivity contribution in [1.82, 2.24) is 14.1 Å². The number of nitrogens with zero attached hydrogens (tertiary/aromatic N) is 3. The van der Waals surface area contributed by atoms with Gasteiger partial charge in [-0.25, -0.2) is 9.78 Å². The number of pyridine rings is 1. The van der Waals surface area contributed by atoms with E-state index in [1.54, 1.807) is 18.2 Å². The topological polar surface area (TPSA) is 115 Å². The molecule has 0 aliphatic heterocycles. The van der Waals surface area contributed by atoms with E-state index < -0.39 is 29.4 Å². The van der Waals surface area contributed by atoms with Crippen molar-refractivity contribution in [1.29, 1.82) is 0 Å². The highest BCUT2D eigenvalue weighted by Crippen LogP contribution is 2.35. The molecule has 38 heavy (non-hydrogen) atoms. The van der Waals surface area contributed by atoms with Gasteiger partial charge in [0.2, 0.25) is 11.9 Å². The van der Waals surface area contributed by atoms with E-state index in [4.69, 9.17) is 21.4 Å². The number of imidazole rings is 1. The van der Waals surface area contributed by atoms with Crippen LogP contribution in [0, 0.1) is 5.95 Å². The van der Waals surface area contributed by atoms with Crippen molar-refractivity contribution < 1.29 is 23.8 Å². The maximum atomic E-state index is 13.6. The molecule has 2 N–H and O–H groups in total. The Morgan fingerprint density at radius 1 is 1.13 bits per heavy atom. The van der Waals surface area contributed by atoms with Gasteiger partial charge in [0.05, 0.1) is 30.8 Å². The highest BCUT2D eigenvalue weighted by molar-refractivity contribution is 6.31. The zero-order valence-corrected chi connectivity index (χ0v) is 21.3. The average Bonchev–Trinajstić information content (AvgIpc) is 3.33. The summed E-state index contributed by atoms with van der Waals surface area (Å²) in [4.78, 5) is 41.3. The molecular formula is C27H24ClFN4O5. The zero-order valence-electron chi connectivity index (χ0n) is 20.5. The molecule has 2 heterocycles. The lowest BCUT2D eigenvalue weighted by Gasteiger charge is -2.21. The molecule has 0 aliphatic rings. The van der Waals surface area contributed by atoms with E-state index in [2.05, 4.69) is 10.3 Å². The van der Waals surface area contributed by atoms with Crippen LogP contribution < -0.4 is 15.6 Å². The number of carbonyl (C=O) groups is 2. The molecule has 1 unspecified atom stereocenters. The number of hydrogen-bond donors (Lipinski definition) is 2. The summed E-state index contributed by atoms with van der Waals surface area (Å²) in [5.74, 6) is -1.89. The maximum Gasteiger partial charge on any atom is 0.335 e. The summed E-state index contributed by atoms with van der Waals surface area (Å²) in [6.07, 6.45) is 4.94. The summed E-state index contributed by atoms with van der Waals surface area (Å²) in [6.45, 7) is 1.89. The fraction of sp³-hybridized carbons (Fsp3) is 0.185. The number of anilines is 1. The predicted molar refractivity (Wildman–Crippen MR) is 141 cm³/mol. The van der Waals surface area contributed by atoms with E-state index in [-0.39, 0.29) is 5.56 Å². The minimum Gasteiger partial charge on any atom is -0.495 e. The van der Waals surface area contributed by atoms with Crippen LogP contribution in [0.2, 0.25) is 5.02 Å². The third-order valence-corrected chi connectivity index (χ3v) is 6.18. The first-order valence-electron chi connectivity index (χ1n) is 11.7. The lowest BCUT2D eigenvalue weighted by Crippen LogP contribution is -2.33. The van der Waals surface area contributed by atoms with Crippen LogP contribution in [-0.4, -0.2) is 38.2 Å². The van der Waals surface area contributed by atoms with Crippen LogP contribution in [0.15, 0.2) is 72.0 Å². The first-order chi connectivity index (χ1) is 18.2. The van der Waals surface area contributed by atoms with Gasteiger partial charge < -0.3 is 19.7 Å². The number of ether oxygens (including phenoxy) is 1. The number of benzene rings is 2. The quantitative estimate of drug-likeness (QED) is 0.303. The van der Waals surface area contributed by atoms with Gasteiger partial charge in [0.25, 0.3) is 5.56 Å². The third kappa shape index (κ3) is 5.60. The van der Waals surface area contributed by atoms with E-state index in [1.807, 2.05) is 6.92 Å². The molecule has 11 heteroatoms. The minimum atomic E-state index is -1.08. The summed E-state index contributed by atoms with van der Waals surface area (Å²) in [6, 6.07) is 11.1. The molecule has 2 aromatic heterocycles. The normalized spacial score (nSPS) is 11.7. The second-order valence-electron chi connectivity index (χ2n) is 8.44. The van der Waals surface area contributed by atoms with Crippen molar-refractivity contribution in [3.63, 3.8) is 0 Å². The Kier molecular flexibility index (Phi) is 7.92. The van der Waals surface area contributed by atoms with Crippen molar-refractivity contribution in [2.24, 2.45) is 0 Å². The van der Waals surface area contributed by atoms with Gasteiger partial charge in [-0.15, -0.1) is 0 Å². The molecule has 0 bridgehead atoms. The highest BCUT2D eigenvalue weighted by Gasteiger charge is 2.24. The molecule has 9 nitrogen and oxygen atoms in total. The molecular weight excluding hydrogens is 515 g/mol. The van der Waals surface area contributed by atoms with Crippen LogP contribution in [0.25, 0.3) is 16.8 Å². The van der Waals surface area contributed by atoms with Gasteiger partial charge in [-0.2, -0.15) is 4.39 Å². The van der Waals surface area contributed by atoms with E-state index in [9.17, 15) is 18.8 Å². The second kappa shape index (κ2) is 11.3. The number of methoxy groups -OCH3 is 1. The van der Waals surface area contributed by atoms with Gasteiger partial charge in [-0.1, -0.05) is 24.9 Å². The van der Waals surface area contributed by atoms with Gasteiger partial charge in [0.15, 0.2) is 0 Å². The van der Waals surface area contributed by atoms with Crippen molar-refractivity contribution >= 4 is 29.2 Å². The summed E-state index contributed by atoms with van der Waals surface area (Å²) in [7, 11) is 1.44. The van der Waals surface area contributed by atoms with E-state index in [0.29, 0.717) is 46.1 Å². The summed E-state index contributed by atoms with van der Waals surface area (Å²) in [5.41, 5.74) is 1.45. The summed E-state index contributed by atoms with van der Waals surface area (Å²) < 4.78 is 22.0. The smallest absolute Gasteiger partial charge is 0.335 e. The molecule has 2 aromatic carbocycles. The minimum absolute atomic E-state index is 0.0865. The molecule has 0 saturated heterocycles. The average molecular weight is 539 g/mol. The lowest BCUT2D eigenvalue weighted by molar-refractivity contribution is -0.119. The number of carbonyl (C=O) groups excluding carboxylic acids is 1. The molecule has 4 aromatic rings. The molecule has 196 valence electrons. The first-order valence-corrected chi connectivity index (χ1v) is 12.0. The fourth-order valence-electron chi connectivity index (χ4n) is 4.12. The maximum absolute atomic E-state index is 13.6. The van der Waals surface area contributed by atoms with Crippen LogP contribution in [0.3, 0.4) is 0 Å². The summed E-state index contributed by atoms with van der Waals surface area (Å²) >= 11 is 6.25. The highest BCUT2D eigenvalue weighted by atomic mass is 35.5. The molecule has 0 saturated carbocycles. The number of carboxylic acid groups (broad SMARTS) is 1. The Labute approximate surface area is 222 Å². The second-order valence-corrected chi connectivity index (χ2v) is 8.88. The van der Waals surface area contributed by atoms with E-state index >= 15 is 0 Å². The van der Waals surface area contributed by atoms with Crippen molar-refractivity contribution in [2.45, 2.75) is 25.8 Å². The molecule has 0 fully saturated rings. The van der Waals surface area contributed by atoms with Gasteiger partial charge in [-0.05, 0) is 48.9 Å². The number of amides is 1. The predicted octanol–water partition coefficient (Wildman–Crippen LogP) is 5.18. The summed E-state index contributed by atoms with van der Waals surface area (Å²) in [5, 5.41) is 12.2. The molecule has 1 amide bonds. The number of aromatic nitrogens is 3. The van der Waals surface area contributed by atoms with Gasteiger partial charge in [0.1, 0.15) is 18.1 Å². The van der Waals surface area contributed by atoms with Crippen LogP contribution in [0.5, 0.6) is 5.75 Å². The number of hydrogen-bond acceptors (Lipinski definition) is 5. The number of aromatic carboxylic acids is 1. The Morgan fingerprint density at radius 2 is 1.87 bits per heavy atom. The van der Waals surface area contributed by atoms with Crippen molar-refractivity contribution in [3.8, 4) is 22.6 Å². The van der Waals surface area contributed by atoms with Crippen molar-refractivity contribution in [2.75, 3.05) is 12.4 Å². The van der Waals surface area contributed by atoms with Crippen LogP contribution in [-0.2, 0) is 4.79 Å². The monoisotopic (exact) mass is 538 g/mol. The Hall–Kier alpha value is -4.44. The molecule has 0 radical (unpaired) electrons. The zero-order chi connectivity index (χ0) is 27.4. The molecule has 0 aliphatic carbocycles. The number of halogens is 2. The largest absolute Gasteiger partial charge is 0.495 e. The van der Waals surface area contributed by atoms with E-state index in [0.717, 1.165) is 0 Å². The standard InChI is InChI=1S/C27H24ClFN4O5/c1-3-4-22(26(35)31-18-8-5-16(6-9-18)27(36)37)33-13-23(38-2)20(12-25(33)34)19-11-17(28)7-10-21(19)32-14-24(29)30-15-32/h5-15,22H,3-4H2,1-2H3,(H,31,35)(H,36,37). The third-order valence-electron chi connectivity index (χ3n) is 5.94. The van der Waals surface area contributed by atoms with Crippen LogP contribution >= 0.6 is 11.6 Å². The Bertz CT molecular complexity index is 1550. The van der Waals surface area contributed by atoms with E-state index in [1.165, 1.54) is 65.3 Å². The van der Waals surface area contributed by atoms with Crippen LogP contribution in [0.1, 0.15) is 36.2 Å². The van der Waals surface area contributed by atoms with Crippen molar-refractivity contribution in [3.05, 3.63) is 94.1 Å². The number of carboxylic acids is 1. The number of nitrogens with one attached hydrogen (secondary N) is 1. The van der Waals surface area contributed by atoms with Gasteiger partial charge in [-0.3, -0.25) is 14.2 Å². The Morgan fingerprint density at radius 3 is 2.47 bits per heavy atom. The van der Waals surface area contributed by atoms with Gasteiger partial charge in [0, 0.05) is 27.9 Å². The lowest BCUT2D eigenvalue weighted by atomic mass is 10.0. The SMILES string of the molecule is CCCC(C(=O)Nc1ccc(C(=O)O)cc1)n1cc(OC)c(-c2cc(Cl)ccc2-n2cnc(F)c2)cc1=O. The first kappa shape index (κ1) is 26.6. The molecule has 4 rings (SSSR count). The Balaban J connectivity index is 1.74. The fourth-order valence-corrected chi connectivity index (χ4v) is 4.29.